The molecule has 1 aromatic rings. The lowest BCUT2D eigenvalue weighted by molar-refractivity contribution is 0.419. The molecule has 19 heavy (non-hydrogen) atoms. The molecule has 0 aliphatic carbocycles. The molecule has 108 valence electrons. The predicted molar refractivity (Wildman–Crippen MR) is 85.9 cm³/mol. The maximum absolute atomic E-state index is 3.46. The zero-order chi connectivity index (χ0) is 14.6. The molecule has 1 rings (SSSR count). The van der Waals surface area contributed by atoms with E-state index >= 15 is 0 Å². The molecular weight excluding hydrogens is 232 g/mol. The van der Waals surface area contributed by atoms with Gasteiger partial charge < -0.3 is 10.2 Å². The van der Waals surface area contributed by atoms with Gasteiger partial charge in [-0.2, -0.15) is 0 Å². The molecule has 0 unspecified atom stereocenters. The monoisotopic (exact) mass is 262 g/mol. The van der Waals surface area contributed by atoms with Gasteiger partial charge in [-0.25, -0.2) is 0 Å². The van der Waals surface area contributed by atoms with E-state index in [1.165, 1.54) is 16.8 Å². The van der Waals surface area contributed by atoms with E-state index in [1.807, 2.05) is 0 Å². The lowest BCUT2D eigenvalue weighted by Crippen LogP contribution is -2.29. The summed E-state index contributed by atoms with van der Waals surface area (Å²) < 4.78 is 0. The van der Waals surface area contributed by atoms with Gasteiger partial charge in [0.15, 0.2) is 0 Å². The summed E-state index contributed by atoms with van der Waals surface area (Å²) in [7, 11) is 2.18. The van der Waals surface area contributed by atoms with E-state index in [4.69, 9.17) is 0 Å². The number of anilines is 1. The molecule has 0 aromatic heterocycles. The number of nitrogens with zero attached hydrogens (tertiary/aromatic N) is 1. The van der Waals surface area contributed by atoms with Crippen molar-refractivity contribution < 1.29 is 0 Å². The SMILES string of the molecule is Cc1cc(CNC(C)C)ccc1N(C)CC(C)(C)C. The van der Waals surface area contributed by atoms with Gasteiger partial charge in [0, 0.05) is 31.9 Å². The van der Waals surface area contributed by atoms with Gasteiger partial charge in [0.05, 0.1) is 0 Å². The van der Waals surface area contributed by atoms with Crippen LogP contribution < -0.4 is 10.2 Å². The summed E-state index contributed by atoms with van der Waals surface area (Å²) in [5.74, 6) is 0. The Morgan fingerprint density at radius 3 is 2.32 bits per heavy atom. The summed E-state index contributed by atoms with van der Waals surface area (Å²) in [6, 6.07) is 7.31. The third-order valence-electron chi connectivity index (χ3n) is 3.10. The highest BCUT2D eigenvalue weighted by Crippen LogP contribution is 2.24. The van der Waals surface area contributed by atoms with Crippen LogP contribution in [0.5, 0.6) is 0 Å². The first-order valence-electron chi connectivity index (χ1n) is 7.23. The average Bonchev–Trinajstić information content (AvgIpc) is 2.23. The fourth-order valence-electron chi connectivity index (χ4n) is 2.37. The fraction of sp³-hybridized carbons (Fsp3) is 0.647. The zero-order valence-electron chi connectivity index (χ0n) is 13.7. The highest BCUT2D eigenvalue weighted by Gasteiger charge is 2.15. The van der Waals surface area contributed by atoms with Gasteiger partial charge >= 0.3 is 0 Å². The maximum Gasteiger partial charge on any atom is 0.0393 e. The number of hydrogen-bond acceptors (Lipinski definition) is 2. The van der Waals surface area contributed by atoms with Crippen LogP contribution in [0, 0.1) is 12.3 Å². The van der Waals surface area contributed by atoms with Crippen molar-refractivity contribution in [3.8, 4) is 0 Å². The lowest BCUT2D eigenvalue weighted by Gasteiger charge is -2.29. The topological polar surface area (TPSA) is 15.3 Å². The highest BCUT2D eigenvalue weighted by atomic mass is 15.1. The van der Waals surface area contributed by atoms with Crippen LogP contribution in [-0.4, -0.2) is 19.6 Å². The van der Waals surface area contributed by atoms with Crippen LogP contribution in [-0.2, 0) is 6.54 Å². The van der Waals surface area contributed by atoms with Crippen LogP contribution >= 0.6 is 0 Å². The van der Waals surface area contributed by atoms with Gasteiger partial charge in [0.25, 0.3) is 0 Å². The van der Waals surface area contributed by atoms with E-state index < -0.39 is 0 Å². The van der Waals surface area contributed by atoms with E-state index in [9.17, 15) is 0 Å². The third-order valence-corrected chi connectivity index (χ3v) is 3.10. The van der Waals surface area contributed by atoms with E-state index in [0.29, 0.717) is 11.5 Å². The minimum absolute atomic E-state index is 0.319. The maximum atomic E-state index is 3.46. The van der Waals surface area contributed by atoms with Crippen molar-refractivity contribution in [2.24, 2.45) is 5.41 Å². The molecule has 0 radical (unpaired) electrons. The molecule has 0 aliphatic rings. The lowest BCUT2D eigenvalue weighted by atomic mass is 9.95. The number of aryl methyl sites for hydroxylation is 1. The summed E-state index contributed by atoms with van der Waals surface area (Å²) in [6.07, 6.45) is 0. The van der Waals surface area contributed by atoms with E-state index in [1.54, 1.807) is 0 Å². The number of nitrogens with one attached hydrogen (secondary N) is 1. The quantitative estimate of drug-likeness (QED) is 0.863. The zero-order valence-corrected chi connectivity index (χ0v) is 13.7. The Balaban J connectivity index is 2.76. The number of benzene rings is 1. The fourth-order valence-corrected chi connectivity index (χ4v) is 2.37. The molecule has 2 heteroatoms. The van der Waals surface area contributed by atoms with Crippen molar-refractivity contribution in [1.29, 1.82) is 0 Å². The van der Waals surface area contributed by atoms with E-state index in [-0.39, 0.29) is 0 Å². The Hall–Kier alpha value is -1.02. The van der Waals surface area contributed by atoms with Crippen LogP contribution in [0.2, 0.25) is 0 Å². The van der Waals surface area contributed by atoms with Crippen molar-refractivity contribution >= 4 is 5.69 Å². The van der Waals surface area contributed by atoms with Crippen molar-refractivity contribution in [2.75, 3.05) is 18.5 Å². The van der Waals surface area contributed by atoms with Crippen LogP contribution in [0.15, 0.2) is 18.2 Å². The van der Waals surface area contributed by atoms with Crippen molar-refractivity contribution in [3.05, 3.63) is 29.3 Å². The number of rotatable bonds is 5. The highest BCUT2D eigenvalue weighted by molar-refractivity contribution is 5.54. The van der Waals surface area contributed by atoms with Gasteiger partial charge in [-0.3, -0.25) is 0 Å². The van der Waals surface area contributed by atoms with E-state index in [0.717, 1.165) is 13.1 Å². The van der Waals surface area contributed by atoms with Crippen LogP contribution in [0.3, 0.4) is 0 Å². The molecule has 0 heterocycles. The summed E-state index contributed by atoms with van der Waals surface area (Å²) in [5.41, 5.74) is 4.37. The van der Waals surface area contributed by atoms with Gasteiger partial charge in [-0.1, -0.05) is 46.8 Å². The predicted octanol–water partition coefficient (Wildman–Crippen LogP) is 3.98. The molecule has 0 atom stereocenters. The standard InChI is InChI=1S/C17H30N2/c1-13(2)18-11-15-8-9-16(14(3)10-15)19(7)12-17(4,5)6/h8-10,13,18H,11-12H2,1-7H3. The Kier molecular flexibility index (Phi) is 5.42. The molecule has 0 fully saturated rings. The first-order chi connectivity index (χ1) is 8.69. The second kappa shape index (κ2) is 6.42. The van der Waals surface area contributed by atoms with Crippen molar-refractivity contribution in [1.82, 2.24) is 5.32 Å². The van der Waals surface area contributed by atoms with Gasteiger partial charge in [0.2, 0.25) is 0 Å². The Morgan fingerprint density at radius 1 is 1.21 bits per heavy atom. The molecular formula is C17H30N2. The smallest absolute Gasteiger partial charge is 0.0393 e. The van der Waals surface area contributed by atoms with Gasteiger partial charge in [-0.15, -0.1) is 0 Å². The Labute approximate surface area is 119 Å². The normalized spacial score (nSPS) is 12.0. The molecule has 1 N–H and O–H groups in total. The van der Waals surface area contributed by atoms with Gasteiger partial charge in [-0.05, 0) is 29.5 Å². The minimum atomic E-state index is 0.319. The molecule has 2 nitrogen and oxygen atoms in total. The summed E-state index contributed by atoms with van der Waals surface area (Å²) in [5, 5.41) is 3.46. The molecule has 0 spiro atoms. The second-order valence-electron chi connectivity index (χ2n) is 7.07. The first-order valence-corrected chi connectivity index (χ1v) is 7.23. The molecule has 0 aliphatic heterocycles. The van der Waals surface area contributed by atoms with Crippen molar-refractivity contribution in [3.63, 3.8) is 0 Å². The summed E-state index contributed by atoms with van der Waals surface area (Å²) in [6.45, 7) is 15.4. The van der Waals surface area contributed by atoms with Gasteiger partial charge in [0.1, 0.15) is 0 Å². The van der Waals surface area contributed by atoms with E-state index in [2.05, 4.69) is 77.0 Å². The minimum Gasteiger partial charge on any atom is -0.374 e. The second-order valence-corrected chi connectivity index (χ2v) is 7.07. The molecule has 0 saturated carbocycles. The average molecular weight is 262 g/mol. The summed E-state index contributed by atoms with van der Waals surface area (Å²) in [4.78, 5) is 2.36. The Morgan fingerprint density at radius 2 is 1.84 bits per heavy atom. The first kappa shape index (κ1) is 16.0. The molecule has 0 amide bonds. The number of hydrogen-bond donors (Lipinski definition) is 1. The summed E-state index contributed by atoms with van der Waals surface area (Å²) >= 11 is 0. The Bertz CT molecular complexity index is 402. The van der Waals surface area contributed by atoms with Crippen LogP contribution in [0.25, 0.3) is 0 Å². The largest absolute Gasteiger partial charge is 0.374 e. The van der Waals surface area contributed by atoms with Crippen LogP contribution in [0.1, 0.15) is 45.7 Å². The molecule has 0 saturated heterocycles. The molecule has 1 aromatic carbocycles. The molecule has 0 bridgehead atoms. The van der Waals surface area contributed by atoms with Crippen molar-refractivity contribution in [2.45, 2.75) is 54.1 Å². The third kappa shape index (κ3) is 5.65. The van der Waals surface area contributed by atoms with Crippen LogP contribution in [0.4, 0.5) is 5.69 Å².